The first-order chi connectivity index (χ1) is 17.3. The number of fused-ring (bicyclic) bond motifs is 1. The molecule has 0 unspecified atom stereocenters. The van der Waals surface area contributed by atoms with Gasteiger partial charge >= 0.3 is 0 Å². The third-order valence-electron chi connectivity index (χ3n) is 6.59. The summed E-state index contributed by atoms with van der Waals surface area (Å²) in [6.45, 7) is 0.749. The van der Waals surface area contributed by atoms with Crippen LogP contribution in [0.15, 0.2) is 40.5 Å². The minimum Gasteiger partial charge on any atom is -0.349 e. The first-order valence-corrected chi connectivity index (χ1v) is 12.8. The lowest BCUT2D eigenvalue weighted by molar-refractivity contribution is 0.0900. The molecular formula is C22H24Br2N10O2. The Morgan fingerprint density at radius 3 is 2.14 bits per heavy atom. The summed E-state index contributed by atoms with van der Waals surface area (Å²) in [7, 11) is 3.92. The van der Waals surface area contributed by atoms with Crippen molar-refractivity contribution in [1.82, 2.24) is 49.7 Å². The average Bonchev–Trinajstić information content (AvgIpc) is 3.65. The van der Waals surface area contributed by atoms with E-state index in [0.717, 1.165) is 17.1 Å². The molecule has 4 heterocycles. The normalized spacial score (nSPS) is 19.2. The fraction of sp³-hybridized carbons (Fsp3) is 0.364. The van der Waals surface area contributed by atoms with E-state index in [2.05, 4.69) is 67.4 Å². The summed E-state index contributed by atoms with van der Waals surface area (Å²) < 4.78 is 5.25. The maximum absolute atomic E-state index is 12.8. The predicted molar refractivity (Wildman–Crippen MR) is 136 cm³/mol. The molecule has 5 rings (SSSR count). The van der Waals surface area contributed by atoms with Crippen molar-refractivity contribution in [1.29, 1.82) is 0 Å². The molecule has 4 N–H and O–H groups in total. The molecule has 1 aliphatic carbocycles. The van der Waals surface area contributed by atoms with Crippen LogP contribution in [0.4, 0.5) is 0 Å². The van der Waals surface area contributed by atoms with Crippen LogP contribution >= 0.6 is 31.9 Å². The first kappa shape index (κ1) is 24.4. The van der Waals surface area contributed by atoms with Crippen molar-refractivity contribution in [3.05, 3.63) is 69.2 Å². The Labute approximate surface area is 223 Å². The standard InChI is InChI=1S/C22H24Br2N10O2/c1-33-9-25-6-14(33)17-12(5-29-22(36)20-27-8-16(24)32-20)11(3-13-18(17)30-10-34(13)2)4-28-21(35)19-26-7-15(23)31-19/h6-12,17H,3-5H2,1-2H3,(H,26,31)(H,27,32)(H,28,35)(H,29,36)/t11-,12-,17-/m1/s1. The molecule has 2 amide bonds. The number of carbonyl (C=O) groups is 2. The zero-order valence-corrected chi connectivity index (χ0v) is 22.7. The van der Waals surface area contributed by atoms with Gasteiger partial charge in [0.05, 0.1) is 30.7 Å². The van der Waals surface area contributed by atoms with E-state index in [0.29, 0.717) is 28.7 Å². The minimum atomic E-state index is -0.306. The smallest absolute Gasteiger partial charge is 0.287 e. The van der Waals surface area contributed by atoms with E-state index in [9.17, 15) is 9.59 Å². The molecule has 4 aromatic rings. The highest BCUT2D eigenvalue weighted by Gasteiger charge is 2.41. The van der Waals surface area contributed by atoms with Crippen molar-refractivity contribution in [3.63, 3.8) is 0 Å². The number of carbonyl (C=O) groups excluding carboxylic acids is 2. The molecule has 0 saturated carbocycles. The van der Waals surface area contributed by atoms with Crippen LogP contribution in [-0.2, 0) is 20.5 Å². The van der Waals surface area contributed by atoms with E-state index < -0.39 is 0 Å². The molecule has 0 fully saturated rings. The molecule has 0 aromatic carbocycles. The Bertz CT molecular complexity index is 1400. The molecular weight excluding hydrogens is 596 g/mol. The van der Waals surface area contributed by atoms with Gasteiger partial charge in [0, 0.05) is 50.7 Å². The predicted octanol–water partition coefficient (Wildman–Crippen LogP) is 1.91. The second-order valence-corrected chi connectivity index (χ2v) is 10.5. The summed E-state index contributed by atoms with van der Waals surface area (Å²) in [5.74, 6) is -0.355. The summed E-state index contributed by atoms with van der Waals surface area (Å²) in [6.07, 6.45) is 9.18. The number of aryl methyl sites for hydroxylation is 2. The zero-order chi connectivity index (χ0) is 25.4. The lowest BCUT2D eigenvalue weighted by Gasteiger charge is -2.38. The number of nitrogens with zero attached hydrogens (tertiary/aromatic N) is 6. The quantitative estimate of drug-likeness (QED) is 0.248. The van der Waals surface area contributed by atoms with Gasteiger partial charge < -0.3 is 29.7 Å². The van der Waals surface area contributed by atoms with E-state index in [1.807, 2.05) is 35.8 Å². The molecule has 36 heavy (non-hydrogen) atoms. The maximum Gasteiger partial charge on any atom is 0.287 e. The average molecular weight is 620 g/mol. The van der Waals surface area contributed by atoms with Crippen molar-refractivity contribution in [2.24, 2.45) is 25.9 Å². The van der Waals surface area contributed by atoms with E-state index in [1.54, 1.807) is 18.7 Å². The highest BCUT2D eigenvalue weighted by molar-refractivity contribution is 9.10. The molecule has 14 heteroatoms. The number of hydrogen-bond donors (Lipinski definition) is 4. The van der Waals surface area contributed by atoms with Crippen LogP contribution in [0.2, 0.25) is 0 Å². The van der Waals surface area contributed by atoms with Gasteiger partial charge in [-0.2, -0.15) is 0 Å². The van der Waals surface area contributed by atoms with Gasteiger partial charge in [-0.15, -0.1) is 0 Å². The van der Waals surface area contributed by atoms with Gasteiger partial charge in [0.25, 0.3) is 11.8 Å². The molecule has 12 nitrogen and oxygen atoms in total. The minimum absolute atomic E-state index is 0.00112. The van der Waals surface area contributed by atoms with Crippen molar-refractivity contribution >= 4 is 43.7 Å². The molecule has 4 aromatic heterocycles. The molecule has 1 aliphatic rings. The number of halogens is 2. The topological polar surface area (TPSA) is 151 Å². The van der Waals surface area contributed by atoms with Gasteiger partial charge in [0.2, 0.25) is 0 Å². The monoisotopic (exact) mass is 618 g/mol. The van der Waals surface area contributed by atoms with Crippen LogP contribution in [0.5, 0.6) is 0 Å². The van der Waals surface area contributed by atoms with Crippen molar-refractivity contribution in [3.8, 4) is 0 Å². The zero-order valence-electron chi connectivity index (χ0n) is 19.5. The summed E-state index contributed by atoms with van der Waals surface area (Å²) in [5.41, 5.74) is 3.04. The van der Waals surface area contributed by atoms with Crippen LogP contribution in [0, 0.1) is 11.8 Å². The van der Waals surface area contributed by atoms with Gasteiger partial charge in [-0.25, -0.2) is 19.9 Å². The lowest BCUT2D eigenvalue weighted by Crippen LogP contribution is -2.45. The number of nitrogens with one attached hydrogen (secondary N) is 4. The molecule has 0 bridgehead atoms. The van der Waals surface area contributed by atoms with Crippen LogP contribution < -0.4 is 10.6 Å². The summed E-state index contributed by atoms with van der Waals surface area (Å²) in [6, 6.07) is 0. The third kappa shape index (κ3) is 4.74. The molecule has 188 valence electrons. The Morgan fingerprint density at radius 1 is 0.944 bits per heavy atom. The van der Waals surface area contributed by atoms with Gasteiger partial charge in [0.15, 0.2) is 11.6 Å². The third-order valence-corrected chi connectivity index (χ3v) is 7.40. The molecule has 0 radical (unpaired) electrons. The number of aromatic amines is 2. The lowest BCUT2D eigenvalue weighted by atomic mass is 9.70. The van der Waals surface area contributed by atoms with Crippen LogP contribution in [0.1, 0.15) is 44.2 Å². The fourth-order valence-electron chi connectivity index (χ4n) is 4.82. The molecule has 3 atom stereocenters. The first-order valence-electron chi connectivity index (χ1n) is 11.3. The highest BCUT2D eigenvalue weighted by atomic mass is 79.9. The van der Waals surface area contributed by atoms with Gasteiger partial charge in [0.1, 0.15) is 9.21 Å². The number of aromatic nitrogens is 8. The highest BCUT2D eigenvalue weighted by Crippen LogP contribution is 2.42. The number of H-pyrrole nitrogens is 2. The number of imidazole rings is 4. The van der Waals surface area contributed by atoms with Crippen molar-refractivity contribution < 1.29 is 9.59 Å². The second-order valence-electron chi connectivity index (χ2n) is 8.80. The number of hydrogen-bond acceptors (Lipinski definition) is 6. The fourth-order valence-corrected chi connectivity index (χ4v) is 5.40. The molecule has 0 saturated heterocycles. The largest absolute Gasteiger partial charge is 0.349 e. The maximum atomic E-state index is 12.8. The Kier molecular flexibility index (Phi) is 6.79. The van der Waals surface area contributed by atoms with Crippen LogP contribution in [0.3, 0.4) is 0 Å². The summed E-state index contributed by atoms with van der Waals surface area (Å²) in [5, 5.41) is 6.04. The number of amides is 2. The summed E-state index contributed by atoms with van der Waals surface area (Å²) >= 11 is 6.57. The van der Waals surface area contributed by atoms with Crippen LogP contribution in [-0.4, -0.2) is 63.9 Å². The van der Waals surface area contributed by atoms with Crippen LogP contribution in [0.25, 0.3) is 0 Å². The summed E-state index contributed by atoms with van der Waals surface area (Å²) in [4.78, 5) is 48.6. The second kappa shape index (κ2) is 10.0. The van der Waals surface area contributed by atoms with Crippen molar-refractivity contribution in [2.75, 3.05) is 13.1 Å². The molecule has 0 spiro atoms. The van der Waals surface area contributed by atoms with Gasteiger partial charge in [-0.05, 0) is 50.1 Å². The van der Waals surface area contributed by atoms with E-state index in [-0.39, 0.29) is 41.2 Å². The van der Waals surface area contributed by atoms with Crippen molar-refractivity contribution in [2.45, 2.75) is 12.3 Å². The Hall–Kier alpha value is -3.26. The van der Waals surface area contributed by atoms with Gasteiger partial charge in [-0.1, -0.05) is 0 Å². The SMILES string of the molecule is Cn1cncc1[C@@H]1c2ncn(C)c2C[C@H](CNC(=O)c2ncc(Br)[nH]2)[C@H]1CNC(=O)c1ncc(Br)[nH]1. The van der Waals surface area contributed by atoms with E-state index in [4.69, 9.17) is 4.98 Å². The van der Waals surface area contributed by atoms with E-state index >= 15 is 0 Å². The number of rotatable bonds is 7. The van der Waals surface area contributed by atoms with Gasteiger partial charge in [-0.3, -0.25) is 9.59 Å². The Morgan fingerprint density at radius 2 is 1.58 bits per heavy atom. The molecule has 0 aliphatic heterocycles. The van der Waals surface area contributed by atoms with E-state index in [1.165, 1.54) is 0 Å². The Balaban J connectivity index is 1.45.